The number of hydroxylamine groups is 1. The number of carbonyl (C=O) groups is 1. The number of methoxy groups -OCH3 is 1. The smallest absolute Gasteiger partial charge is 0.251 e. The molecule has 0 spiro atoms. The van der Waals surface area contributed by atoms with Crippen LogP contribution < -0.4 is 10.8 Å². The van der Waals surface area contributed by atoms with Gasteiger partial charge in [0, 0.05) is 32.4 Å². The maximum absolute atomic E-state index is 12.5. The first-order valence-electron chi connectivity index (χ1n) is 10.2. The van der Waals surface area contributed by atoms with Crippen LogP contribution in [0.3, 0.4) is 0 Å². The highest BCUT2D eigenvalue weighted by Gasteiger charge is 2.14. The number of amides is 1. The van der Waals surface area contributed by atoms with Gasteiger partial charge in [0.25, 0.3) is 5.91 Å². The Morgan fingerprint density at radius 1 is 0.903 bits per heavy atom. The molecule has 1 amide bonds. The molecule has 0 radical (unpaired) electrons. The van der Waals surface area contributed by atoms with E-state index in [0.717, 1.165) is 28.7 Å². The lowest BCUT2D eigenvalue weighted by Gasteiger charge is -2.13. The Balaban J connectivity index is 0.000000357. The van der Waals surface area contributed by atoms with Gasteiger partial charge in [-0.3, -0.25) is 4.79 Å². The summed E-state index contributed by atoms with van der Waals surface area (Å²) in [5.41, 5.74) is 6.47. The molecule has 6 nitrogen and oxygen atoms in total. The van der Waals surface area contributed by atoms with E-state index in [1.54, 1.807) is 7.11 Å². The van der Waals surface area contributed by atoms with Crippen LogP contribution >= 0.6 is 0 Å². The molecule has 0 atom stereocenters. The van der Waals surface area contributed by atoms with Gasteiger partial charge in [0.1, 0.15) is 0 Å². The summed E-state index contributed by atoms with van der Waals surface area (Å²) in [4.78, 5) is 12.5. The highest BCUT2D eigenvalue weighted by atomic mass is 16.5. The van der Waals surface area contributed by atoms with Crippen LogP contribution in [0.2, 0.25) is 0 Å². The van der Waals surface area contributed by atoms with E-state index in [9.17, 15) is 4.79 Å². The average Bonchev–Trinajstić information content (AvgIpc) is 2.83. The third-order valence-corrected chi connectivity index (χ3v) is 4.58. The second-order valence-electron chi connectivity index (χ2n) is 6.78. The number of benzene rings is 3. The largest absolute Gasteiger partial charge is 0.392 e. The average molecular weight is 423 g/mol. The third-order valence-electron chi connectivity index (χ3n) is 4.58. The number of ether oxygens (including phenoxy) is 1. The molecule has 3 aromatic rings. The highest BCUT2D eigenvalue weighted by molar-refractivity contribution is 6.01. The molecule has 0 saturated carbocycles. The number of rotatable bonds is 9. The fourth-order valence-corrected chi connectivity index (χ4v) is 3.04. The predicted molar refractivity (Wildman–Crippen MR) is 122 cm³/mol. The van der Waals surface area contributed by atoms with Crippen molar-refractivity contribution in [1.29, 1.82) is 0 Å². The van der Waals surface area contributed by atoms with Crippen molar-refractivity contribution in [1.82, 2.24) is 10.8 Å². The second kappa shape index (κ2) is 14.1. The maximum atomic E-state index is 12.5. The Bertz CT molecular complexity index is 916. The van der Waals surface area contributed by atoms with Gasteiger partial charge in [0.05, 0.1) is 6.61 Å². The molecule has 0 fully saturated rings. The van der Waals surface area contributed by atoms with Crippen LogP contribution in [-0.4, -0.2) is 36.5 Å². The second-order valence-corrected chi connectivity index (χ2v) is 6.78. The summed E-state index contributed by atoms with van der Waals surface area (Å²) in [6.45, 7) is 1.65. The molecule has 31 heavy (non-hydrogen) atoms. The summed E-state index contributed by atoms with van der Waals surface area (Å²) in [6, 6.07) is 24.7. The molecular formula is C25H30N2O4. The van der Waals surface area contributed by atoms with E-state index in [1.165, 1.54) is 0 Å². The van der Waals surface area contributed by atoms with E-state index in [0.29, 0.717) is 25.3 Å². The van der Waals surface area contributed by atoms with E-state index in [1.807, 2.05) is 78.9 Å². The molecule has 0 saturated heterocycles. The van der Waals surface area contributed by atoms with Crippen LogP contribution in [0, 0.1) is 0 Å². The van der Waals surface area contributed by atoms with Gasteiger partial charge in [0.15, 0.2) is 0 Å². The molecule has 0 aliphatic rings. The van der Waals surface area contributed by atoms with Crippen molar-refractivity contribution in [2.75, 3.05) is 20.3 Å². The minimum absolute atomic E-state index is 0.108. The lowest BCUT2D eigenvalue weighted by Crippen LogP contribution is -2.25. The maximum Gasteiger partial charge on any atom is 0.251 e. The van der Waals surface area contributed by atoms with Gasteiger partial charge in [-0.1, -0.05) is 72.8 Å². The summed E-state index contributed by atoms with van der Waals surface area (Å²) in [5.74, 6) is -0.108. The van der Waals surface area contributed by atoms with Crippen molar-refractivity contribution in [2.45, 2.75) is 19.6 Å². The lowest BCUT2D eigenvalue weighted by atomic mass is 9.95. The normalized spacial score (nSPS) is 10.2. The van der Waals surface area contributed by atoms with Crippen LogP contribution in [0.4, 0.5) is 0 Å². The molecule has 3 aromatic carbocycles. The highest BCUT2D eigenvalue weighted by Crippen LogP contribution is 2.27. The van der Waals surface area contributed by atoms with Gasteiger partial charge in [-0.25, -0.2) is 5.48 Å². The van der Waals surface area contributed by atoms with Crippen molar-refractivity contribution in [2.24, 2.45) is 0 Å². The van der Waals surface area contributed by atoms with E-state index in [4.69, 9.17) is 15.1 Å². The van der Waals surface area contributed by atoms with E-state index in [2.05, 4.69) is 10.8 Å². The van der Waals surface area contributed by atoms with E-state index < -0.39 is 0 Å². The zero-order chi connectivity index (χ0) is 22.3. The van der Waals surface area contributed by atoms with E-state index in [-0.39, 0.29) is 12.5 Å². The lowest BCUT2D eigenvalue weighted by molar-refractivity contribution is 0.0949. The molecule has 0 heterocycles. The molecule has 0 bridgehead atoms. The van der Waals surface area contributed by atoms with Crippen molar-refractivity contribution in [3.8, 4) is 11.1 Å². The third kappa shape index (κ3) is 7.96. The van der Waals surface area contributed by atoms with Crippen molar-refractivity contribution in [3.63, 3.8) is 0 Å². The number of nitrogens with one attached hydrogen (secondary N) is 2. The Morgan fingerprint density at radius 3 is 2.19 bits per heavy atom. The SMILES string of the molecule is COCCCNC(=O)c1ccccc1-c1ccccc1CNO.OCc1ccccc1. The molecule has 0 unspecified atom stereocenters. The molecule has 164 valence electrons. The zero-order valence-electron chi connectivity index (χ0n) is 17.8. The summed E-state index contributed by atoms with van der Waals surface area (Å²) in [5, 5.41) is 20.4. The molecule has 0 aliphatic carbocycles. The van der Waals surface area contributed by atoms with Crippen LogP contribution in [0.1, 0.15) is 27.9 Å². The fraction of sp³-hybridized carbons (Fsp3) is 0.240. The Hall–Kier alpha value is -3.03. The minimum Gasteiger partial charge on any atom is -0.392 e. The fourth-order valence-electron chi connectivity index (χ4n) is 3.04. The number of hydrogen-bond acceptors (Lipinski definition) is 5. The van der Waals surface area contributed by atoms with E-state index >= 15 is 0 Å². The standard InChI is InChI=1S/C18H22N2O3.C7H8O/c1-23-12-6-11-19-18(21)17-10-5-4-9-16(17)15-8-3-2-7-14(15)13-20-22;8-6-7-4-2-1-3-5-7/h2-5,7-10,20,22H,6,11-13H2,1H3,(H,19,21);1-5,8H,6H2. The van der Waals surface area contributed by atoms with Crippen molar-refractivity contribution < 1.29 is 19.8 Å². The van der Waals surface area contributed by atoms with Gasteiger partial charge in [-0.2, -0.15) is 0 Å². The van der Waals surface area contributed by atoms with Crippen LogP contribution in [0.15, 0.2) is 78.9 Å². The number of aliphatic hydroxyl groups excluding tert-OH is 1. The first-order chi connectivity index (χ1) is 15.2. The van der Waals surface area contributed by atoms with Crippen molar-refractivity contribution in [3.05, 3.63) is 95.6 Å². The summed E-state index contributed by atoms with van der Waals surface area (Å²) in [6.07, 6.45) is 0.773. The molecule has 0 aliphatic heterocycles. The van der Waals surface area contributed by atoms with Gasteiger partial charge < -0.3 is 20.4 Å². The topological polar surface area (TPSA) is 90.8 Å². The quantitative estimate of drug-likeness (QED) is 0.311. The van der Waals surface area contributed by atoms with Gasteiger partial charge in [-0.05, 0) is 34.7 Å². The van der Waals surface area contributed by atoms with Crippen LogP contribution in [0.25, 0.3) is 11.1 Å². The summed E-state index contributed by atoms with van der Waals surface area (Å²) < 4.78 is 4.98. The summed E-state index contributed by atoms with van der Waals surface area (Å²) >= 11 is 0. The van der Waals surface area contributed by atoms with Crippen LogP contribution in [-0.2, 0) is 17.9 Å². The Morgan fingerprint density at radius 2 is 1.55 bits per heavy atom. The number of aliphatic hydroxyl groups is 1. The Labute approximate surface area is 183 Å². The minimum atomic E-state index is -0.108. The molecule has 6 heteroatoms. The first-order valence-corrected chi connectivity index (χ1v) is 10.2. The van der Waals surface area contributed by atoms with Gasteiger partial charge in [-0.15, -0.1) is 0 Å². The van der Waals surface area contributed by atoms with Gasteiger partial charge >= 0.3 is 0 Å². The Kier molecular flexibility index (Phi) is 11.0. The monoisotopic (exact) mass is 422 g/mol. The van der Waals surface area contributed by atoms with Gasteiger partial charge in [0.2, 0.25) is 0 Å². The molecular weight excluding hydrogens is 392 g/mol. The number of hydrogen-bond donors (Lipinski definition) is 4. The van der Waals surface area contributed by atoms with Crippen LogP contribution in [0.5, 0.6) is 0 Å². The zero-order valence-corrected chi connectivity index (χ0v) is 17.8. The molecule has 4 N–H and O–H groups in total. The first kappa shape index (κ1) is 24.2. The number of carbonyl (C=O) groups excluding carboxylic acids is 1. The summed E-state index contributed by atoms with van der Waals surface area (Å²) in [7, 11) is 1.64. The predicted octanol–water partition coefficient (Wildman–Crippen LogP) is 3.78. The molecule has 0 aromatic heterocycles. The van der Waals surface area contributed by atoms with Crippen molar-refractivity contribution >= 4 is 5.91 Å². The molecule has 3 rings (SSSR count).